The number of aromatic nitrogens is 2. The van der Waals surface area contributed by atoms with E-state index in [1.165, 1.54) is 5.56 Å². The van der Waals surface area contributed by atoms with Gasteiger partial charge in [-0.15, -0.1) is 0 Å². The highest BCUT2D eigenvalue weighted by Crippen LogP contribution is 2.22. The summed E-state index contributed by atoms with van der Waals surface area (Å²) in [5.74, 6) is 0.597. The molecule has 2 fully saturated rings. The number of likely N-dealkylation sites (tertiary alicyclic amines) is 1. The molecule has 7 nitrogen and oxygen atoms in total. The molecule has 2 aliphatic rings. The summed E-state index contributed by atoms with van der Waals surface area (Å²) in [7, 11) is 1.75. The highest BCUT2D eigenvalue weighted by molar-refractivity contribution is 5.93. The predicted molar refractivity (Wildman–Crippen MR) is 124 cm³/mol. The van der Waals surface area contributed by atoms with E-state index in [4.69, 9.17) is 9.47 Å². The van der Waals surface area contributed by atoms with E-state index in [9.17, 15) is 4.79 Å². The Balaban J connectivity index is 1.38. The third-order valence-corrected chi connectivity index (χ3v) is 6.60. The number of methoxy groups -OCH3 is 1. The van der Waals surface area contributed by atoms with Crippen molar-refractivity contribution in [1.29, 1.82) is 0 Å². The van der Waals surface area contributed by atoms with Crippen LogP contribution in [-0.4, -0.2) is 84.6 Å². The minimum Gasteiger partial charge on any atom is -0.383 e. The van der Waals surface area contributed by atoms with Gasteiger partial charge in [-0.05, 0) is 50.3 Å². The average Bonchev–Trinajstić information content (AvgIpc) is 3.51. The lowest BCUT2D eigenvalue weighted by Crippen LogP contribution is -2.44. The third-order valence-electron chi connectivity index (χ3n) is 6.60. The van der Waals surface area contributed by atoms with Crippen LogP contribution in [0.1, 0.15) is 41.6 Å². The summed E-state index contributed by atoms with van der Waals surface area (Å²) in [4.78, 5) is 17.9. The molecule has 2 aromatic rings. The lowest BCUT2D eigenvalue weighted by atomic mass is 9.95. The number of ether oxygens (including phenoxy) is 2. The standard InChI is InChI=1S/C25H36N4O3/c1-31-15-13-27-11-9-22(10-12-27)17-28(20-24-8-5-14-32-24)25(30)23-16-26-29(19-23)18-21-6-3-2-4-7-21/h2-4,6-7,16,19,22,24H,5,8-15,17-18,20H2,1H3/t24-/m0/s1. The summed E-state index contributed by atoms with van der Waals surface area (Å²) in [5.41, 5.74) is 1.84. The molecule has 7 heteroatoms. The fourth-order valence-corrected chi connectivity index (χ4v) is 4.71. The minimum absolute atomic E-state index is 0.0709. The first-order valence-corrected chi connectivity index (χ1v) is 11.9. The van der Waals surface area contributed by atoms with Crippen LogP contribution in [0.3, 0.4) is 0 Å². The maximum atomic E-state index is 13.5. The van der Waals surface area contributed by atoms with Gasteiger partial charge in [0.15, 0.2) is 0 Å². The number of carbonyl (C=O) groups excluding carboxylic acids is 1. The maximum Gasteiger partial charge on any atom is 0.257 e. The SMILES string of the molecule is COCCN1CCC(CN(C[C@@H]2CCCO2)C(=O)c2cnn(Cc3ccccc3)c2)CC1. The van der Waals surface area contributed by atoms with Crippen molar-refractivity contribution in [3.63, 3.8) is 0 Å². The largest absolute Gasteiger partial charge is 0.383 e. The fourth-order valence-electron chi connectivity index (χ4n) is 4.71. The molecule has 1 amide bonds. The Hall–Kier alpha value is -2.22. The molecule has 0 bridgehead atoms. The highest BCUT2D eigenvalue weighted by Gasteiger charge is 2.28. The molecule has 0 unspecified atom stereocenters. The molecule has 2 saturated heterocycles. The van der Waals surface area contributed by atoms with Gasteiger partial charge >= 0.3 is 0 Å². The maximum absolute atomic E-state index is 13.5. The lowest BCUT2D eigenvalue weighted by Gasteiger charge is -2.35. The Bertz CT molecular complexity index is 827. The molecule has 2 aliphatic heterocycles. The minimum atomic E-state index is 0.0709. The van der Waals surface area contributed by atoms with Gasteiger partial charge in [-0.2, -0.15) is 5.10 Å². The molecule has 1 aromatic carbocycles. The van der Waals surface area contributed by atoms with Gasteiger partial charge < -0.3 is 19.3 Å². The first-order chi connectivity index (χ1) is 15.7. The lowest BCUT2D eigenvalue weighted by molar-refractivity contribution is 0.0437. The van der Waals surface area contributed by atoms with Crippen molar-refractivity contribution >= 4 is 5.91 Å². The molecule has 0 aliphatic carbocycles. The first kappa shape index (κ1) is 23.0. The molecule has 1 atom stereocenters. The second kappa shape index (κ2) is 11.6. The number of carbonyl (C=O) groups is 1. The van der Waals surface area contributed by atoms with Crippen molar-refractivity contribution in [3.05, 3.63) is 53.9 Å². The van der Waals surface area contributed by atoms with E-state index in [0.29, 0.717) is 24.6 Å². The van der Waals surface area contributed by atoms with Gasteiger partial charge in [0.05, 0.1) is 31.0 Å². The number of piperidine rings is 1. The zero-order valence-corrected chi connectivity index (χ0v) is 19.2. The van der Waals surface area contributed by atoms with E-state index in [-0.39, 0.29) is 12.0 Å². The van der Waals surface area contributed by atoms with Crippen molar-refractivity contribution in [2.75, 3.05) is 53.0 Å². The van der Waals surface area contributed by atoms with Crippen LogP contribution < -0.4 is 0 Å². The number of amides is 1. The van der Waals surface area contributed by atoms with Gasteiger partial charge in [-0.3, -0.25) is 9.48 Å². The molecule has 0 spiro atoms. The van der Waals surface area contributed by atoms with Crippen molar-refractivity contribution in [3.8, 4) is 0 Å². The van der Waals surface area contributed by atoms with Crippen molar-refractivity contribution in [2.24, 2.45) is 5.92 Å². The first-order valence-electron chi connectivity index (χ1n) is 11.9. The van der Waals surface area contributed by atoms with Crippen molar-refractivity contribution in [1.82, 2.24) is 19.6 Å². The predicted octanol–water partition coefficient (Wildman–Crippen LogP) is 2.91. The summed E-state index contributed by atoms with van der Waals surface area (Å²) in [6, 6.07) is 10.2. The quantitative estimate of drug-likeness (QED) is 0.569. The molecule has 4 rings (SSSR count). The third kappa shape index (κ3) is 6.40. The van der Waals surface area contributed by atoms with E-state index in [1.54, 1.807) is 13.3 Å². The zero-order chi connectivity index (χ0) is 22.2. The van der Waals surface area contributed by atoms with E-state index >= 15 is 0 Å². The van der Waals surface area contributed by atoms with E-state index in [1.807, 2.05) is 34.0 Å². The monoisotopic (exact) mass is 440 g/mol. The molecule has 1 aromatic heterocycles. The van der Waals surface area contributed by atoms with Crippen LogP contribution >= 0.6 is 0 Å². The summed E-state index contributed by atoms with van der Waals surface area (Å²) in [6.07, 6.45) is 8.09. The normalized spacial score (nSPS) is 20.0. The molecule has 0 radical (unpaired) electrons. The summed E-state index contributed by atoms with van der Waals surface area (Å²) < 4.78 is 12.9. The van der Waals surface area contributed by atoms with Crippen LogP contribution in [0.4, 0.5) is 0 Å². The number of hydrogen-bond acceptors (Lipinski definition) is 5. The Morgan fingerprint density at radius 3 is 2.72 bits per heavy atom. The zero-order valence-electron chi connectivity index (χ0n) is 19.2. The smallest absolute Gasteiger partial charge is 0.257 e. The molecule has 32 heavy (non-hydrogen) atoms. The Kier molecular flexibility index (Phi) is 8.31. The van der Waals surface area contributed by atoms with Gasteiger partial charge in [0, 0.05) is 39.5 Å². The number of hydrogen-bond donors (Lipinski definition) is 0. The van der Waals surface area contributed by atoms with Crippen LogP contribution in [0.2, 0.25) is 0 Å². The van der Waals surface area contributed by atoms with Crippen LogP contribution in [-0.2, 0) is 16.0 Å². The average molecular weight is 441 g/mol. The molecule has 3 heterocycles. The topological polar surface area (TPSA) is 59.8 Å². The van der Waals surface area contributed by atoms with E-state index < -0.39 is 0 Å². The van der Waals surface area contributed by atoms with Crippen LogP contribution in [0.5, 0.6) is 0 Å². The van der Waals surface area contributed by atoms with Gasteiger partial charge in [0.1, 0.15) is 0 Å². The second-order valence-electron chi connectivity index (χ2n) is 9.04. The Labute approximate surface area is 191 Å². The number of nitrogens with zero attached hydrogens (tertiary/aromatic N) is 4. The van der Waals surface area contributed by atoms with Crippen molar-refractivity contribution < 1.29 is 14.3 Å². The highest BCUT2D eigenvalue weighted by atomic mass is 16.5. The van der Waals surface area contributed by atoms with Crippen LogP contribution in [0.15, 0.2) is 42.7 Å². The summed E-state index contributed by atoms with van der Waals surface area (Å²) >= 11 is 0. The molecular formula is C25H36N4O3. The van der Waals surface area contributed by atoms with Crippen LogP contribution in [0.25, 0.3) is 0 Å². The molecule has 174 valence electrons. The number of rotatable bonds is 10. The van der Waals surface area contributed by atoms with Gasteiger partial charge in [-0.25, -0.2) is 0 Å². The van der Waals surface area contributed by atoms with E-state index in [2.05, 4.69) is 22.1 Å². The summed E-state index contributed by atoms with van der Waals surface area (Å²) in [5, 5.41) is 4.45. The Morgan fingerprint density at radius 2 is 2.00 bits per heavy atom. The van der Waals surface area contributed by atoms with Crippen LogP contribution in [0, 0.1) is 5.92 Å². The van der Waals surface area contributed by atoms with Gasteiger partial charge in [0.25, 0.3) is 5.91 Å². The molecule has 0 saturated carbocycles. The second-order valence-corrected chi connectivity index (χ2v) is 9.04. The molecular weight excluding hydrogens is 404 g/mol. The summed E-state index contributed by atoms with van der Waals surface area (Å²) in [6.45, 7) is 6.85. The van der Waals surface area contributed by atoms with Gasteiger partial charge in [-0.1, -0.05) is 30.3 Å². The van der Waals surface area contributed by atoms with E-state index in [0.717, 1.165) is 65.1 Å². The Morgan fingerprint density at radius 1 is 1.19 bits per heavy atom. The molecule has 0 N–H and O–H groups in total. The number of benzene rings is 1. The van der Waals surface area contributed by atoms with Crippen molar-refractivity contribution in [2.45, 2.75) is 38.3 Å². The van der Waals surface area contributed by atoms with Gasteiger partial charge in [0.2, 0.25) is 0 Å². The fraction of sp³-hybridized carbons (Fsp3) is 0.600.